The SMILES string of the molecule is COc1ccc(OC)c(S(=O)(=O)N2CCC(C(=O)NC3CCCc4ccccc43)CC2)c1. The lowest BCUT2D eigenvalue weighted by Crippen LogP contribution is -2.44. The third kappa shape index (κ3) is 4.47. The molecule has 0 spiro atoms. The first-order valence-corrected chi connectivity index (χ1v) is 12.5. The van der Waals surface area contributed by atoms with Crippen molar-refractivity contribution in [2.75, 3.05) is 27.3 Å². The Morgan fingerprint density at radius 3 is 2.50 bits per heavy atom. The largest absolute Gasteiger partial charge is 0.497 e. The van der Waals surface area contributed by atoms with E-state index in [1.54, 1.807) is 12.1 Å². The molecule has 32 heavy (non-hydrogen) atoms. The van der Waals surface area contributed by atoms with Crippen LogP contribution in [-0.2, 0) is 21.2 Å². The smallest absolute Gasteiger partial charge is 0.246 e. The van der Waals surface area contributed by atoms with Gasteiger partial charge in [-0.25, -0.2) is 8.42 Å². The van der Waals surface area contributed by atoms with Gasteiger partial charge in [-0.2, -0.15) is 4.31 Å². The number of amides is 1. The fourth-order valence-corrected chi connectivity index (χ4v) is 6.32. The van der Waals surface area contributed by atoms with Gasteiger partial charge in [-0.15, -0.1) is 0 Å². The van der Waals surface area contributed by atoms with Gasteiger partial charge in [0.1, 0.15) is 16.4 Å². The van der Waals surface area contributed by atoms with Crippen LogP contribution in [0.25, 0.3) is 0 Å². The maximum Gasteiger partial charge on any atom is 0.246 e. The van der Waals surface area contributed by atoms with Crippen molar-refractivity contribution in [1.29, 1.82) is 0 Å². The molecule has 1 atom stereocenters. The molecule has 8 heteroatoms. The summed E-state index contributed by atoms with van der Waals surface area (Å²) in [5.41, 5.74) is 2.51. The zero-order chi connectivity index (χ0) is 22.7. The van der Waals surface area contributed by atoms with Crippen LogP contribution in [0.15, 0.2) is 47.4 Å². The summed E-state index contributed by atoms with van der Waals surface area (Å²) in [5, 5.41) is 3.22. The molecule has 1 N–H and O–H groups in total. The summed E-state index contributed by atoms with van der Waals surface area (Å²) in [7, 11) is -0.819. The predicted octanol–water partition coefficient (Wildman–Crippen LogP) is 3.30. The molecule has 0 aromatic heterocycles. The molecule has 1 fully saturated rings. The Balaban J connectivity index is 1.42. The van der Waals surface area contributed by atoms with Crippen molar-refractivity contribution in [3.05, 3.63) is 53.6 Å². The normalized spacial score (nSPS) is 19.8. The van der Waals surface area contributed by atoms with Crippen LogP contribution < -0.4 is 14.8 Å². The van der Waals surface area contributed by atoms with Gasteiger partial charge >= 0.3 is 0 Å². The van der Waals surface area contributed by atoms with Gasteiger partial charge in [0.15, 0.2) is 0 Å². The molecular formula is C24H30N2O5S. The number of aryl methyl sites for hydroxylation is 1. The molecule has 1 aliphatic heterocycles. The van der Waals surface area contributed by atoms with E-state index in [4.69, 9.17) is 9.47 Å². The van der Waals surface area contributed by atoms with Crippen LogP contribution in [0, 0.1) is 5.92 Å². The summed E-state index contributed by atoms with van der Waals surface area (Å²) >= 11 is 0. The van der Waals surface area contributed by atoms with Crippen LogP contribution in [0.4, 0.5) is 0 Å². The minimum Gasteiger partial charge on any atom is -0.497 e. The third-order valence-corrected chi connectivity index (χ3v) is 8.42. The summed E-state index contributed by atoms with van der Waals surface area (Å²) in [4.78, 5) is 13.1. The number of hydrogen-bond donors (Lipinski definition) is 1. The quantitative estimate of drug-likeness (QED) is 0.718. The predicted molar refractivity (Wildman–Crippen MR) is 121 cm³/mol. The van der Waals surface area contributed by atoms with Crippen LogP contribution in [0.2, 0.25) is 0 Å². The summed E-state index contributed by atoms with van der Waals surface area (Å²) < 4.78 is 38.4. The molecule has 1 aliphatic carbocycles. The molecule has 7 nitrogen and oxygen atoms in total. The van der Waals surface area contributed by atoms with Crippen molar-refractivity contribution in [2.45, 2.75) is 43.0 Å². The minimum absolute atomic E-state index is 0.0164. The second kappa shape index (κ2) is 9.50. The van der Waals surface area contributed by atoms with Crippen LogP contribution in [0.1, 0.15) is 42.9 Å². The van der Waals surface area contributed by atoms with Crippen molar-refractivity contribution in [3.63, 3.8) is 0 Å². The van der Waals surface area contributed by atoms with E-state index in [-0.39, 0.29) is 28.5 Å². The lowest BCUT2D eigenvalue weighted by molar-refractivity contribution is -0.127. The van der Waals surface area contributed by atoms with Crippen molar-refractivity contribution in [2.24, 2.45) is 5.92 Å². The number of rotatable bonds is 6. The number of carbonyl (C=O) groups is 1. The average molecular weight is 459 g/mol. The molecule has 1 amide bonds. The third-order valence-electron chi connectivity index (χ3n) is 6.50. The topological polar surface area (TPSA) is 84.9 Å². The first-order chi connectivity index (χ1) is 15.4. The van der Waals surface area contributed by atoms with Crippen molar-refractivity contribution >= 4 is 15.9 Å². The van der Waals surface area contributed by atoms with E-state index in [0.29, 0.717) is 31.7 Å². The number of sulfonamides is 1. The highest BCUT2D eigenvalue weighted by Gasteiger charge is 2.35. The Morgan fingerprint density at radius 2 is 1.78 bits per heavy atom. The summed E-state index contributed by atoms with van der Waals surface area (Å²) in [6, 6.07) is 13.0. The molecular weight excluding hydrogens is 428 g/mol. The van der Waals surface area contributed by atoms with Gasteiger partial charge in [-0.3, -0.25) is 4.79 Å². The zero-order valence-corrected chi connectivity index (χ0v) is 19.4. The lowest BCUT2D eigenvalue weighted by Gasteiger charge is -2.33. The Bertz CT molecular complexity index is 1080. The number of methoxy groups -OCH3 is 2. The number of hydrogen-bond acceptors (Lipinski definition) is 5. The monoisotopic (exact) mass is 458 g/mol. The van der Waals surface area contributed by atoms with Crippen molar-refractivity contribution in [3.8, 4) is 11.5 Å². The molecule has 0 radical (unpaired) electrons. The lowest BCUT2D eigenvalue weighted by atomic mass is 9.87. The second-order valence-electron chi connectivity index (χ2n) is 8.35. The number of ether oxygens (including phenoxy) is 2. The van der Waals surface area contributed by atoms with E-state index in [2.05, 4.69) is 17.4 Å². The molecule has 1 heterocycles. The van der Waals surface area contributed by atoms with Crippen LogP contribution in [-0.4, -0.2) is 45.9 Å². The van der Waals surface area contributed by atoms with Gasteiger partial charge in [0.05, 0.1) is 20.3 Å². The van der Waals surface area contributed by atoms with Gasteiger partial charge in [-0.1, -0.05) is 24.3 Å². The molecule has 1 saturated heterocycles. The molecule has 1 unspecified atom stereocenters. The van der Waals surface area contributed by atoms with E-state index >= 15 is 0 Å². The van der Waals surface area contributed by atoms with Gasteiger partial charge in [0, 0.05) is 25.1 Å². The van der Waals surface area contributed by atoms with Gasteiger partial charge < -0.3 is 14.8 Å². The molecule has 172 valence electrons. The Morgan fingerprint density at radius 1 is 1.03 bits per heavy atom. The Hall–Kier alpha value is -2.58. The summed E-state index contributed by atoms with van der Waals surface area (Å²) in [5.74, 6) is 0.554. The van der Waals surface area contributed by atoms with Crippen LogP contribution in [0.3, 0.4) is 0 Å². The minimum atomic E-state index is -3.76. The summed E-state index contributed by atoms with van der Waals surface area (Å²) in [6.07, 6.45) is 4.02. The van der Waals surface area contributed by atoms with E-state index in [9.17, 15) is 13.2 Å². The second-order valence-corrected chi connectivity index (χ2v) is 10.3. The van der Waals surface area contributed by atoms with E-state index < -0.39 is 10.0 Å². The van der Waals surface area contributed by atoms with Crippen molar-refractivity contribution < 1.29 is 22.7 Å². The maximum absolute atomic E-state index is 13.3. The van der Waals surface area contributed by atoms with Crippen molar-refractivity contribution in [1.82, 2.24) is 9.62 Å². The van der Waals surface area contributed by atoms with Gasteiger partial charge in [0.2, 0.25) is 15.9 Å². The molecule has 2 aromatic rings. The fourth-order valence-electron chi connectivity index (χ4n) is 4.68. The Labute approximate surface area is 189 Å². The molecule has 2 aliphatic rings. The maximum atomic E-state index is 13.3. The number of nitrogens with one attached hydrogen (secondary N) is 1. The molecule has 0 saturated carbocycles. The average Bonchev–Trinajstić information content (AvgIpc) is 2.84. The van der Waals surface area contributed by atoms with Crippen LogP contribution in [0.5, 0.6) is 11.5 Å². The highest BCUT2D eigenvalue weighted by atomic mass is 32.2. The summed E-state index contributed by atoms with van der Waals surface area (Å²) in [6.45, 7) is 0.587. The van der Waals surface area contributed by atoms with Crippen LogP contribution >= 0.6 is 0 Å². The standard InChI is InChI=1S/C24H30N2O5S/c1-30-19-10-11-22(31-2)23(16-19)32(28,29)26-14-12-18(13-15-26)24(27)25-21-9-5-7-17-6-3-4-8-20(17)21/h3-4,6,8,10-11,16,18,21H,5,7,9,12-15H2,1-2H3,(H,25,27). The van der Waals surface area contributed by atoms with Gasteiger partial charge in [0.25, 0.3) is 0 Å². The van der Waals surface area contributed by atoms with E-state index in [1.807, 2.05) is 12.1 Å². The number of carbonyl (C=O) groups excluding carboxylic acids is 1. The number of nitrogens with zero attached hydrogens (tertiary/aromatic N) is 1. The number of piperidine rings is 1. The highest BCUT2D eigenvalue weighted by Crippen LogP contribution is 2.34. The highest BCUT2D eigenvalue weighted by molar-refractivity contribution is 7.89. The molecule has 4 rings (SSSR count). The zero-order valence-electron chi connectivity index (χ0n) is 18.5. The Kier molecular flexibility index (Phi) is 6.71. The fraction of sp³-hybridized carbons (Fsp3) is 0.458. The first kappa shape index (κ1) is 22.6. The van der Waals surface area contributed by atoms with E-state index in [1.165, 1.54) is 35.7 Å². The van der Waals surface area contributed by atoms with E-state index in [0.717, 1.165) is 19.3 Å². The van der Waals surface area contributed by atoms with Gasteiger partial charge in [-0.05, 0) is 55.4 Å². The first-order valence-electron chi connectivity index (χ1n) is 11.0. The number of fused-ring (bicyclic) bond motifs is 1. The molecule has 0 bridgehead atoms. The molecule has 2 aromatic carbocycles. The number of benzene rings is 2.